The molecule has 21 heavy (non-hydrogen) atoms. The molecule has 106 valence electrons. The summed E-state index contributed by atoms with van der Waals surface area (Å²) in [6, 6.07) is 21.1. The lowest BCUT2D eigenvalue weighted by Crippen LogP contribution is -2.45. The third kappa shape index (κ3) is 2.66. The maximum absolute atomic E-state index is 6.67. The van der Waals surface area contributed by atoms with E-state index in [0.29, 0.717) is 18.6 Å². The normalized spacial score (nSPS) is 30.2. The van der Waals surface area contributed by atoms with Gasteiger partial charge in [0.1, 0.15) is 5.30 Å². The van der Waals surface area contributed by atoms with Crippen LogP contribution in [0.15, 0.2) is 60.7 Å². The minimum atomic E-state index is -2.19. The molecule has 3 rings (SSSR count). The van der Waals surface area contributed by atoms with E-state index in [1.54, 1.807) is 0 Å². The summed E-state index contributed by atoms with van der Waals surface area (Å²) in [7, 11) is 6.57. The predicted octanol–water partition coefficient (Wildman–Crippen LogP) is 3.38. The van der Waals surface area contributed by atoms with Crippen LogP contribution in [0.1, 0.15) is 18.4 Å². The third-order valence-corrected chi connectivity index (χ3v) is 7.33. The SMILES string of the molecule is [B][P+]1(c2ccccc2)OC[C@H](c2ccccc2)[C@H](C)N1C. The van der Waals surface area contributed by atoms with Crippen molar-refractivity contribution >= 4 is 20.4 Å². The van der Waals surface area contributed by atoms with Gasteiger partial charge in [-0.1, -0.05) is 48.5 Å². The average molecular weight is 296 g/mol. The topological polar surface area (TPSA) is 12.5 Å². The molecule has 1 aliphatic rings. The molecule has 0 N–H and O–H groups in total. The van der Waals surface area contributed by atoms with Crippen molar-refractivity contribution in [3.63, 3.8) is 0 Å². The minimum Gasteiger partial charge on any atom is -0.233 e. The second-order valence-electron chi connectivity index (χ2n) is 5.59. The Hall–Kier alpha value is -1.15. The van der Waals surface area contributed by atoms with Gasteiger partial charge in [-0.25, -0.2) is 4.52 Å². The van der Waals surface area contributed by atoms with Crippen LogP contribution in [0.25, 0.3) is 0 Å². The van der Waals surface area contributed by atoms with E-state index in [-0.39, 0.29) is 0 Å². The lowest BCUT2D eigenvalue weighted by atomic mass is 9.93. The van der Waals surface area contributed by atoms with Crippen LogP contribution < -0.4 is 5.30 Å². The Morgan fingerprint density at radius 2 is 1.62 bits per heavy atom. The van der Waals surface area contributed by atoms with Crippen LogP contribution in [-0.4, -0.2) is 31.9 Å². The fourth-order valence-electron chi connectivity index (χ4n) is 2.93. The molecule has 0 aromatic heterocycles. The Kier molecular flexibility index (Phi) is 4.17. The molecule has 0 amide bonds. The quantitative estimate of drug-likeness (QED) is 0.622. The van der Waals surface area contributed by atoms with Crippen molar-refractivity contribution in [2.75, 3.05) is 13.7 Å². The van der Waals surface area contributed by atoms with Crippen molar-refractivity contribution < 1.29 is 4.52 Å². The molecule has 1 saturated heterocycles. The monoisotopic (exact) mass is 296 g/mol. The first-order valence-electron chi connectivity index (χ1n) is 7.29. The van der Waals surface area contributed by atoms with Gasteiger partial charge in [0.05, 0.1) is 12.6 Å². The zero-order valence-electron chi connectivity index (χ0n) is 12.5. The number of hydrogen-bond acceptors (Lipinski definition) is 2. The van der Waals surface area contributed by atoms with Crippen LogP contribution in [0.3, 0.4) is 0 Å². The van der Waals surface area contributed by atoms with Gasteiger partial charge >= 0.3 is 7.57 Å². The average Bonchev–Trinajstić information content (AvgIpc) is 2.54. The smallest absolute Gasteiger partial charge is 0.233 e. The highest BCUT2D eigenvalue weighted by Crippen LogP contribution is 2.61. The fraction of sp³-hybridized carbons (Fsp3) is 0.294. The van der Waals surface area contributed by atoms with E-state index in [4.69, 9.17) is 12.1 Å². The molecule has 0 saturated carbocycles. The minimum absolute atomic E-state index is 0.347. The van der Waals surface area contributed by atoms with Crippen molar-refractivity contribution in [2.24, 2.45) is 0 Å². The lowest BCUT2D eigenvalue weighted by molar-refractivity contribution is 0.186. The molecule has 1 unspecified atom stereocenters. The molecule has 2 nitrogen and oxygen atoms in total. The molecule has 0 bridgehead atoms. The third-order valence-electron chi connectivity index (χ3n) is 4.45. The van der Waals surface area contributed by atoms with E-state index in [1.165, 1.54) is 5.56 Å². The number of nitrogens with zero attached hydrogens (tertiary/aromatic N) is 1. The summed E-state index contributed by atoms with van der Waals surface area (Å²) in [6.45, 7) is 2.92. The van der Waals surface area contributed by atoms with Gasteiger partial charge in [0.2, 0.25) is 0 Å². The number of benzene rings is 2. The number of likely N-dealkylation sites (N-methyl/N-ethyl adjacent to an activating group) is 1. The van der Waals surface area contributed by atoms with Gasteiger partial charge in [-0.05, 0) is 24.6 Å². The lowest BCUT2D eigenvalue weighted by Gasteiger charge is -2.43. The molecule has 3 atom stereocenters. The maximum atomic E-state index is 6.67. The van der Waals surface area contributed by atoms with E-state index in [2.05, 4.69) is 55.0 Å². The summed E-state index contributed by atoms with van der Waals surface area (Å²) in [6.07, 6.45) is 0. The summed E-state index contributed by atoms with van der Waals surface area (Å²) in [5.74, 6) is 0.358. The number of rotatable bonds is 2. The van der Waals surface area contributed by atoms with Gasteiger partial charge in [-0.2, -0.15) is 4.67 Å². The van der Waals surface area contributed by atoms with E-state index in [9.17, 15) is 0 Å². The highest BCUT2D eigenvalue weighted by molar-refractivity contribution is 7.97. The second-order valence-corrected chi connectivity index (χ2v) is 8.24. The van der Waals surface area contributed by atoms with Gasteiger partial charge in [0.25, 0.3) is 0 Å². The molecular weight excluding hydrogens is 276 g/mol. The van der Waals surface area contributed by atoms with Crippen molar-refractivity contribution in [1.29, 1.82) is 0 Å². The van der Waals surface area contributed by atoms with Gasteiger partial charge < -0.3 is 0 Å². The van der Waals surface area contributed by atoms with E-state index in [1.807, 2.05) is 24.3 Å². The van der Waals surface area contributed by atoms with Crippen LogP contribution >= 0.6 is 7.52 Å². The molecule has 4 heteroatoms. The van der Waals surface area contributed by atoms with E-state index in [0.717, 1.165) is 5.30 Å². The van der Waals surface area contributed by atoms with Crippen molar-refractivity contribution in [3.05, 3.63) is 66.2 Å². The molecular formula is C17H20BNOP+. The molecule has 2 aromatic carbocycles. The zero-order chi connectivity index (χ0) is 14.9. The molecule has 2 aromatic rings. The van der Waals surface area contributed by atoms with Gasteiger partial charge in [0.15, 0.2) is 7.52 Å². The molecule has 0 aliphatic carbocycles. The largest absolute Gasteiger partial charge is 0.434 e. The second kappa shape index (κ2) is 5.92. The van der Waals surface area contributed by atoms with Crippen molar-refractivity contribution in [2.45, 2.75) is 18.9 Å². The Bertz CT molecular complexity index is 594. The predicted molar refractivity (Wildman–Crippen MR) is 91.1 cm³/mol. The van der Waals surface area contributed by atoms with Crippen LogP contribution in [0.2, 0.25) is 0 Å². The zero-order valence-corrected chi connectivity index (χ0v) is 13.4. The highest BCUT2D eigenvalue weighted by Gasteiger charge is 2.50. The van der Waals surface area contributed by atoms with Crippen LogP contribution in [0.5, 0.6) is 0 Å². The summed E-state index contributed by atoms with van der Waals surface area (Å²) in [5.41, 5.74) is 1.32. The standard InChI is InChI=1S/C17H20BNOP/c1-14-17(15-9-5-3-6-10-15)13-20-21(18,19(14)2)16-11-7-4-8-12-16/h3-12,14,17H,13H2,1-2H3/q+1/t14-,17-,21?/m0/s1. The first-order chi connectivity index (χ1) is 10.1. The molecule has 1 aliphatic heterocycles. The van der Waals surface area contributed by atoms with Gasteiger partial charge in [-0.3, -0.25) is 0 Å². The van der Waals surface area contributed by atoms with Gasteiger partial charge in [-0.15, -0.1) is 0 Å². The first kappa shape index (κ1) is 14.8. The summed E-state index contributed by atoms with van der Waals surface area (Å²) in [5, 5.41) is 1.10. The molecule has 0 spiro atoms. The van der Waals surface area contributed by atoms with Crippen LogP contribution in [-0.2, 0) is 4.52 Å². The molecule has 2 radical (unpaired) electrons. The summed E-state index contributed by atoms with van der Waals surface area (Å²) >= 11 is 0. The van der Waals surface area contributed by atoms with Crippen LogP contribution in [0, 0.1) is 0 Å². The highest BCUT2D eigenvalue weighted by atomic mass is 31.2. The Morgan fingerprint density at radius 1 is 1.05 bits per heavy atom. The Labute approximate surface area is 129 Å². The molecule has 1 fully saturated rings. The summed E-state index contributed by atoms with van der Waals surface area (Å²) in [4.78, 5) is 0. The van der Waals surface area contributed by atoms with E-state index < -0.39 is 7.52 Å². The summed E-state index contributed by atoms with van der Waals surface area (Å²) < 4.78 is 8.46. The van der Waals surface area contributed by atoms with E-state index >= 15 is 0 Å². The first-order valence-corrected chi connectivity index (χ1v) is 9.02. The fourth-order valence-corrected chi connectivity index (χ4v) is 5.31. The van der Waals surface area contributed by atoms with Crippen LogP contribution in [0.4, 0.5) is 0 Å². The maximum Gasteiger partial charge on any atom is 0.434 e. The van der Waals surface area contributed by atoms with Gasteiger partial charge in [0, 0.05) is 13.0 Å². The Balaban J connectivity index is 1.88. The molecule has 1 heterocycles. The van der Waals surface area contributed by atoms with Crippen molar-refractivity contribution in [1.82, 2.24) is 4.67 Å². The number of hydrogen-bond donors (Lipinski definition) is 0. The van der Waals surface area contributed by atoms with Crippen molar-refractivity contribution in [3.8, 4) is 0 Å². The Morgan fingerprint density at radius 3 is 2.24 bits per heavy atom.